The molecule has 0 saturated heterocycles. The molecule has 0 radical (unpaired) electrons. The molecule has 0 aliphatic heterocycles. The fraction of sp³-hybridized carbons (Fsp3) is 0.533. The Morgan fingerprint density at radius 2 is 2.00 bits per heavy atom. The topological polar surface area (TPSA) is 57.5 Å². The number of hydrogen-bond donors (Lipinski definition) is 2. The maximum absolute atomic E-state index is 11.0. The van der Waals surface area contributed by atoms with E-state index in [1.54, 1.807) is 0 Å². The lowest BCUT2D eigenvalue weighted by Gasteiger charge is -2.22. The number of carboxylic acids is 1. The number of phenols is 1. The first-order valence-corrected chi connectivity index (χ1v) is 6.42. The van der Waals surface area contributed by atoms with Crippen molar-refractivity contribution >= 4 is 5.97 Å². The molecule has 0 atom stereocenters. The predicted octanol–water partition coefficient (Wildman–Crippen LogP) is 3.33. The molecule has 18 heavy (non-hydrogen) atoms. The van der Waals surface area contributed by atoms with Gasteiger partial charge in [-0.05, 0) is 36.8 Å². The molecule has 0 amide bonds. The van der Waals surface area contributed by atoms with Gasteiger partial charge in [0.1, 0.15) is 5.75 Å². The van der Waals surface area contributed by atoms with Crippen LogP contribution in [0.5, 0.6) is 5.75 Å². The summed E-state index contributed by atoms with van der Waals surface area (Å²) >= 11 is 0. The number of aliphatic carboxylic acids is 1. The largest absolute Gasteiger partial charge is 0.507 e. The summed E-state index contributed by atoms with van der Waals surface area (Å²) in [5, 5.41) is 19.4. The highest BCUT2D eigenvalue weighted by atomic mass is 16.4. The third-order valence-electron chi connectivity index (χ3n) is 3.91. The molecule has 2 N–H and O–H groups in total. The van der Waals surface area contributed by atoms with Crippen LogP contribution in [0.25, 0.3) is 0 Å². The van der Waals surface area contributed by atoms with E-state index in [0.717, 1.165) is 29.5 Å². The Labute approximate surface area is 107 Å². The van der Waals surface area contributed by atoms with Gasteiger partial charge in [-0.3, -0.25) is 4.79 Å². The van der Waals surface area contributed by atoms with E-state index in [9.17, 15) is 9.90 Å². The van der Waals surface area contributed by atoms with Gasteiger partial charge in [-0.2, -0.15) is 0 Å². The number of aromatic hydroxyl groups is 1. The zero-order chi connectivity index (χ0) is 13.5. The molecule has 0 aromatic heterocycles. The molecule has 1 aliphatic rings. The number of benzene rings is 1. The Hall–Kier alpha value is -1.51. The van der Waals surface area contributed by atoms with Crippen LogP contribution in [0.4, 0.5) is 0 Å². The van der Waals surface area contributed by atoms with Crippen molar-refractivity contribution in [3.8, 4) is 5.75 Å². The van der Waals surface area contributed by atoms with Crippen LogP contribution >= 0.6 is 0 Å². The van der Waals surface area contributed by atoms with Crippen LogP contribution < -0.4 is 0 Å². The van der Waals surface area contributed by atoms with Gasteiger partial charge < -0.3 is 10.2 Å². The number of aryl methyl sites for hydroxylation is 1. The lowest BCUT2D eigenvalue weighted by Crippen LogP contribution is -2.16. The summed E-state index contributed by atoms with van der Waals surface area (Å²) in [5.74, 6) is -0.208. The summed E-state index contributed by atoms with van der Waals surface area (Å²) in [6.07, 6.45) is 1.83. The zero-order valence-corrected chi connectivity index (χ0v) is 11.2. The van der Waals surface area contributed by atoms with Crippen LogP contribution in [0.1, 0.15) is 55.7 Å². The molecule has 1 saturated carbocycles. The van der Waals surface area contributed by atoms with Crippen molar-refractivity contribution < 1.29 is 15.0 Å². The standard InChI is InChI=1S/C15H20O3/c1-9(2)11-5-4-10(3)14(18)13(11)15(6-7-15)8-12(16)17/h4-5,9,18H,6-8H2,1-3H3,(H,16,17). The molecule has 1 aromatic carbocycles. The molecule has 3 heteroatoms. The molecule has 1 aromatic rings. The first-order chi connectivity index (χ1) is 8.37. The quantitative estimate of drug-likeness (QED) is 0.859. The van der Waals surface area contributed by atoms with E-state index >= 15 is 0 Å². The van der Waals surface area contributed by atoms with Gasteiger partial charge in [0.05, 0.1) is 6.42 Å². The molecule has 1 fully saturated rings. The molecular weight excluding hydrogens is 228 g/mol. The van der Waals surface area contributed by atoms with Gasteiger partial charge in [0.15, 0.2) is 0 Å². The van der Waals surface area contributed by atoms with E-state index < -0.39 is 5.97 Å². The van der Waals surface area contributed by atoms with Crippen LogP contribution in [0, 0.1) is 6.92 Å². The van der Waals surface area contributed by atoms with Crippen molar-refractivity contribution in [1.29, 1.82) is 0 Å². The Morgan fingerprint density at radius 3 is 2.44 bits per heavy atom. The number of phenolic OH excluding ortho intramolecular Hbond substituents is 1. The first-order valence-electron chi connectivity index (χ1n) is 6.42. The smallest absolute Gasteiger partial charge is 0.304 e. The van der Waals surface area contributed by atoms with Crippen molar-refractivity contribution in [2.24, 2.45) is 0 Å². The van der Waals surface area contributed by atoms with Crippen LogP contribution in [0.15, 0.2) is 12.1 Å². The minimum absolute atomic E-state index is 0.115. The van der Waals surface area contributed by atoms with Crippen molar-refractivity contribution in [3.05, 3.63) is 28.8 Å². The summed E-state index contributed by atoms with van der Waals surface area (Å²) in [4.78, 5) is 11.0. The molecular formula is C15H20O3. The fourth-order valence-electron chi connectivity index (χ4n) is 2.70. The summed E-state index contributed by atoms with van der Waals surface area (Å²) in [5.41, 5.74) is 2.45. The van der Waals surface area contributed by atoms with E-state index in [0.29, 0.717) is 5.75 Å². The van der Waals surface area contributed by atoms with E-state index in [2.05, 4.69) is 13.8 Å². The minimum Gasteiger partial charge on any atom is -0.507 e. The van der Waals surface area contributed by atoms with E-state index in [1.807, 2.05) is 19.1 Å². The van der Waals surface area contributed by atoms with Crippen LogP contribution in [0.2, 0.25) is 0 Å². The maximum Gasteiger partial charge on any atom is 0.304 e. The second kappa shape index (κ2) is 4.30. The molecule has 98 valence electrons. The molecule has 0 unspecified atom stereocenters. The lowest BCUT2D eigenvalue weighted by atomic mass is 9.83. The molecule has 0 heterocycles. The van der Waals surface area contributed by atoms with Gasteiger partial charge in [0.2, 0.25) is 0 Å². The van der Waals surface area contributed by atoms with Crippen molar-refractivity contribution in [2.75, 3.05) is 0 Å². The Morgan fingerprint density at radius 1 is 1.39 bits per heavy atom. The molecule has 2 rings (SSSR count). The Balaban J connectivity index is 2.55. The normalized spacial score (nSPS) is 16.9. The Bertz CT molecular complexity index is 485. The lowest BCUT2D eigenvalue weighted by molar-refractivity contribution is -0.137. The predicted molar refractivity (Wildman–Crippen MR) is 70.1 cm³/mol. The highest BCUT2D eigenvalue weighted by Crippen LogP contribution is 2.56. The average Bonchev–Trinajstić information content (AvgIpc) is 3.01. The monoisotopic (exact) mass is 248 g/mol. The summed E-state index contributed by atoms with van der Waals surface area (Å²) < 4.78 is 0. The molecule has 0 spiro atoms. The number of hydrogen-bond acceptors (Lipinski definition) is 2. The molecule has 1 aliphatic carbocycles. The Kier molecular flexibility index (Phi) is 3.09. The summed E-state index contributed by atoms with van der Waals surface area (Å²) in [7, 11) is 0. The second-order valence-electron chi connectivity index (χ2n) is 5.70. The van der Waals surface area contributed by atoms with Crippen molar-refractivity contribution in [2.45, 2.75) is 51.4 Å². The summed E-state index contributed by atoms with van der Waals surface area (Å²) in [6.45, 7) is 6.01. The number of carbonyl (C=O) groups is 1. The highest BCUT2D eigenvalue weighted by molar-refractivity contribution is 5.71. The van der Waals surface area contributed by atoms with Gasteiger partial charge in [-0.15, -0.1) is 0 Å². The van der Waals surface area contributed by atoms with Gasteiger partial charge in [-0.25, -0.2) is 0 Å². The van der Waals surface area contributed by atoms with E-state index in [-0.39, 0.29) is 17.8 Å². The van der Waals surface area contributed by atoms with E-state index in [1.165, 1.54) is 0 Å². The van der Waals surface area contributed by atoms with Gasteiger partial charge in [0.25, 0.3) is 0 Å². The van der Waals surface area contributed by atoms with Crippen LogP contribution in [0.3, 0.4) is 0 Å². The van der Waals surface area contributed by atoms with E-state index in [4.69, 9.17) is 5.11 Å². The minimum atomic E-state index is -0.789. The number of carboxylic acid groups (broad SMARTS) is 1. The molecule has 0 bridgehead atoms. The second-order valence-corrected chi connectivity index (χ2v) is 5.70. The average molecular weight is 248 g/mol. The van der Waals surface area contributed by atoms with Crippen molar-refractivity contribution in [3.63, 3.8) is 0 Å². The van der Waals surface area contributed by atoms with Crippen molar-refractivity contribution in [1.82, 2.24) is 0 Å². The highest BCUT2D eigenvalue weighted by Gasteiger charge is 2.49. The number of rotatable bonds is 4. The zero-order valence-electron chi connectivity index (χ0n) is 11.2. The summed E-state index contributed by atoms with van der Waals surface area (Å²) in [6, 6.07) is 3.93. The van der Waals surface area contributed by atoms with Gasteiger partial charge in [0, 0.05) is 11.0 Å². The van der Waals surface area contributed by atoms with Gasteiger partial charge >= 0.3 is 5.97 Å². The van der Waals surface area contributed by atoms with Gasteiger partial charge in [-0.1, -0.05) is 26.0 Å². The SMILES string of the molecule is Cc1ccc(C(C)C)c(C2(CC(=O)O)CC2)c1O. The molecule has 3 nitrogen and oxygen atoms in total. The maximum atomic E-state index is 11.0. The fourth-order valence-corrected chi connectivity index (χ4v) is 2.70. The first kappa shape index (κ1) is 12.9. The third-order valence-corrected chi connectivity index (χ3v) is 3.91. The van der Waals surface area contributed by atoms with Crippen LogP contribution in [-0.2, 0) is 10.2 Å². The van der Waals surface area contributed by atoms with Crippen LogP contribution in [-0.4, -0.2) is 16.2 Å². The third kappa shape index (κ3) is 2.09.